The SMILES string of the molecule is CCOc1cccc(CC(N)CO)c1OCC.Cl. The highest BCUT2D eigenvalue weighted by Crippen LogP contribution is 2.32. The van der Waals surface area contributed by atoms with Crippen LogP contribution in [-0.4, -0.2) is 31.0 Å². The maximum absolute atomic E-state index is 8.99. The van der Waals surface area contributed by atoms with Crippen molar-refractivity contribution in [2.45, 2.75) is 26.3 Å². The third-order valence-corrected chi connectivity index (χ3v) is 2.37. The summed E-state index contributed by atoms with van der Waals surface area (Å²) in [5.74, 6) is 1.47. The summed E-state index contributed by atoms with van der Waals surface area (Å²) in [4.78, 5) is 0. The Morgan fingerprint density at radius 1 is 1.22 bits per heavy atom. The molecule has 0 spiro atoms. The van der Waals surface area contributed by atoms with Crippen molar-refractivity contribution in [3.05, 3.63) is 23.8 Å². The average Bonchev–Trinajstić information content (AvgIpc) is 2.33. The molecule has 1 atom stereocenters. The first-order chi connectivity index (χ1) is 8.22. The lowest BCUT2D eigenvalue weighted by atomic mass is 10.1. The van der Waals surface area contributed by atoms with Gasteiger partial charge >= 0.3 is 0 Å². The van der Waals surface area contributed by atoms with Gasteiger partial charge in [-0.2, -0.15) is 0 Å². The molecular weight excluding hydrogens is 254 g/mol. The van der Waals surface area contributed by atoms with Gasteiger partial charge in [0.25, 0.3) is 0 Å². The molecule has 1 rings (SSSR count). The van der Waals surface area contributed by atoms with Crippen LogP contribution in [0.4, 0.5) is 0 Å². The van der Waals surface area contributed by atoms with Gasteiger partial charge in [0.1, 0.15) is 0 Å². The van der Waals surface area contributed by atoms with Gasteiger partial charge in [-0.1, -0.05) is 12.1 Å². The van der Waals surface area contributed by atoms with Gasteiger partial charge in [0.2, 0.25) is 0 Å². The molecule has 0 fully saturated rings. The molecule has 18 heavy (non-hydrogen) atoms. The van der Waals surface area contributed by atoms with Crippen LogP contribution in [0.25, 0.3) is 0 Å². The minimum Gasteiger partial charge on any atom is -0.490 e. The molecule has 0 heterocycles. The third-order valence-electron chi connectivity index (χ3n) is 2.37. The van der Waals surface area contributed by atoms with Gasteiger partial charge in [0, 0.05) is 6.04 Å². The number of aliphatic hydroxyl groups is 1. The predicted molar refractivity (Wildman–Crippen MR) is 74.8 cm³/mol. The van der Waals surface area contributed by atoms with E-state index in [2.05, 4.69) is 0 Å². The van der Waals surface area contributed by atoms with Gasteiger partial charge in [0.15, 0.2) is 11.5 Å². The third kappa shape index (κ3) is 4.72. The van der Waals surface area contributed by atoms with Crippen LogP contribution < -0.4 is 15.2 Å². The summed E-state index contributed by atoms with van der Waals surface area (Å²) in [6.07, 6.45) is 0.576. The molecule has 0 bridgehead atoms. The molecule has 0 saturated heterocycles. The Morgan fingerprint density at radius 2 is 1.89 bits per heavy atom. The number of halogens is 1. The van der Waals surface area contributed by atoms with E-state index in [-0.39, 0.29) is 25.1 Å². The lowest BCUT2D eigenvalue weighted by molar-refractivity contribution is 0.260. The number of ether oxygens (including phenoxy) is 2. The Kier molecular flexibility index (Phi) is 8.54. The fourth-order valence-corrected chi connectivity index (χ4v) is 1.65. The molecule has 0 aromatic heterocycles. The number of hydrogen-bond acceptors (Lipinski definition) is 4. The zero-order chi connectivity index (χ0) is 12.7. The van der Waals surface area contributed by atoms with E-state index in [1.54, 1.807) is 0 Å². The molecule has 4 nitrogen and oxygen atoms in total. The van der Waals surface area contributed by atoms with Gasteiger partial charge < -0.3 is 20.3 Å². The number of para-hydroxylation sites is 1. The second-order valence-electron chi connectivity index (χ2n) is 3.76. The molecule has 0 radical (unpaired) electrons. The number of benzene rings is 1. The van der Waals surface area contributed by atoms with Crippen molar-refractivity contribution in [1.82, 2.24) is 0 Å². The van der Waals surface area contributed by atoms with Crippen LogP contribution in [0.15, 0.2) is 18.2 Å². The molecule has 1 aromatic carbocycles. The van der Waals surface area contributed by atoms with Crippen molar-refractivity contribution in [1.29, 1.82) is 0 Å². The maximum Gasteiger partial charge on any atom is 0.164 e. The first-order valence-corrected chi connectivity index (χ1v) is 5.96. The summed E-state index contributed by atoms with van der Waals surface area (Å²) in [7, 11) is 0. The highest BCUT2D eigenvalue weighted by atomic mass is 35.5. The van der Waals surface area contributed by atoms with Crippen molar-refractivity contribution < 1.29 is 14.6 Å². The average molecular weight is 276 g/mol. The topological polar surface area (TPSA) is 64.7 Å². The summed E-state index contributed by atoms with van der Waals surface area (Å²) in [5, 5.41) is 8.99. The van der Waals surface area contributed by atoms with Gasteiger partial charge in [-0.05, 0) is 31.9 Å². The zero-order valence-electron chi connectivity index (χ0n) is 10.9. The summed E-state index contributed by atoms with van der Waals surface area (Å²) in [6, 6.07) is 5.46. The normalized spacial score (nSPS) is 11.6. The Morgan fingerprint density at radius 3 is 2.44 bits per heavy atom. The summed E-state index contributed by atoms with van der Waals surface area (Å²) in [5.41, 5.74) is 6.72. The van der Waals surface area contributed by atoms with Gasteiger partial charge in [0.05, 0.1) is 19.8 Å². The second-order valence-corrected chi connectivity index (χ2v) is 3.76. The van der Waals surface area contributed by atoms with E-state index in [1.165, 1.54) is 0 Å². The van der Waals surface area contributed by atoms with Crippen LogP contribution >= 0.6 is 12.4 Å². The van der Waals surface area contributed by atoms with Crippen molar-refractivity contribution in [3.63, 3.8) is 0 Å². The molecule has 3 N–H and O–H groups in total. The van der Waals surface area contributed by atoms with Crippen molar-refractivity contribution in [2.75, 3.05) is 19.8 Å². The first kappa shape index (κ1) is 17.0. The van der Waals surface area contributed by atoms with E-state index in [1.807, 2.05) is 32.0 Å². The number of nitrogens with two attached hydrogens (primary N) is 1. The molecule has 0 amide bonds. The van der Waals surface area contributed by atoms with E-state index >= 15 is 0 Å². The van der Waals surface area contributed by atoms with Gasteiger partial charge in [-0.3, -0.25) is 0 Å². The molecule has 0 saturated carbocycles. The van der Waals surface area contributed by atoms with E-state index < -0.39 is 0 Å². The first-order valence-electron chi connectivity index (χ1n) is 5.96. The molecule has 0 aliphatic carbocycles. The van der Waals surface area contributed by atoms with Crippen LogP contribution in [0.1, 0.15) is 19.4 Å². The van der Waals surface area contributed by atoms with E-state index in [4.69, 9.17) is 20.3 Å². The molecule has 104 valence electrons. The van der Waals surface area contributed by atoms with Crippen LogP contribution in [0.3, 0.4) is 0 Å². The van der Waals surface area contributed by atoms with Crippen LogP contribution in [-0.2, 0) is 6.42 Å². The quantitative estimate of drug-likeness (QED) is 0.796. The Balaban J connectivity index is 0.00000289. The van der Waals surface area contributed by atoms with E-state index in [0.29, 0.717) is 19.6 Å². The Bertz CT molecular complexity index is 347. The summed E-state index contributed by atoms with van der Waals surface area (Å²) in [6.45, 7) is 4.99. The Hall–Kier alpha value is -0.970. The fraction of sp³-hybridized carbons (Fsp3) is 0.538. The van der Waals surface area contributed by atoms with Crippen LogP contribution in [0.5, 0.6) is 11.5 Å². The second kappa shape index (κ2) is 9.03. The lowest BCUT2D eigenvalue weighted by Crippen LogP contribution is -2.27. The largest absolute Gasteiger partial charge is 0.490 e. The molecule has 0 aliphatic rings. The fourth-order valence-electron chi connectivity index (χ4n) is 1.65. The van der Waals surface area contributed by atoms with E-state index in [0.717, 1.165) is 17.1 Å². The maximum atomic E-state index is 8.99. The minimum absolute atomic E-state index is 0. The molecular formula is C13H22ClNO3. The minimum atomic E-state index is -0.272. The summed E-state index contributed by atoms with van der Waals surface area (Å²) >= 11 is 0. The zero-order valence-corrected chi connectivity index (χ0v) is 11.7. The highest BCUT2D eigenvalue weighted by Gasteiger charge is 2.13. The number of hydrogen-bond donors (Lipinski definition) is 2. The molecule has 1 unspecified atom stereocenters. The molecule has 0 aliphatic heterocycles. The summed E-state index contributed by atoms with van der Waals surface area (Å²) < 4.78 is 11.1. The Labute approximate surface area is 115 Å². The number of aliphatic hydroxyl groups excluding tert-OH is 1. The van der Waals surface area contributed by atoms with Crippen molar-refractivity contribution in [2.24, 2.45) is 5.73 Å². The smallest absolute Gasteiger partial charge is 0.164 e. The highest BCUT2D eigenvalue weighted by molar-refractivity contribution is 5.85. The monoisotopic (exact) mass is 275 g/mol. The molecule has 1 aromatic rings. The van der Waals surface area contributed by atoms with E-state index in [9.17, 15) is 0 Å². The predicted octanol–water partition coefficient (Wildman–Crippen LogP) is 1.77. The van der Waals surface area contributed by atoms with Gasteiger partial charge in [-0.25, -0.2) is 0 Å². The standard InChI is InChI=1S/C13H21NO3.ClH/c1-3-16-12-7-5-6-10(8-11(14)9-15)13(12)17-4-2;/h5-7,11,15H,3-4,8-9,14H2,1-2H3;1H. The van der Waals surface area contributed by atoms with Crippen molar-refractivity contribution >= 4 is 12.4 Å². The van der Waals surface area contributed by atoms with Crippen LogP contribution in [0, 0.1) is 0 Å². The number of rotatable bonds is 7. The van der Waals surface area contributed by atoms with Gasteiger partial charge in [-0.15, -0.1) is 12.4 Å². The van der Waals surface area contributed by atoms with Crippen LogP contribution in [0.2, 0.25) is 0 Å². The van der Waals surface area contributed by atoms with Crippen molar-refractivity contribution in [3.8, 4) is 11.5 Å². The molecule has 5 heteroatoms. The lowest BCUT2D eigenvalue weighted by Gasteiger charge is -2.16.